The largest absolute Gasteiger partial charge is 0.487 e. The number of benzene rings is 1. The van der Waals surface area contributed by atoms with Crippen LogP contribution in [0.2, 0.25) is 0 Å². The van der Waals surface area contributed by atoms with Crippen molar-refractivity contribution < 1.29 is 24.2 Å². The van der Waals surface area contributed by atoms with E-state index in [2.05, 4.69) is 5.32 Å². The van der Waals surface area contributed by atoms with Gasteiger partial charge >= 0.3 is 12.1 Å². The van der Waals surface area contributed by atoms with Crippen molar-refractivity contribution in [2.75, 3.05) is 0 Å². The van der Waals surface area contributed by atoms with Gasteiger partial charge in [0.1, 0.15) is 17.0 Å². The topological polar surface area (TPSA) is 84.9 Å². The number of amides is 1. The van der Waals surface area contributed by atoms with Gasteiger partial charge in [-0.25, -0.2) is 9.59 Å². The molecule has 2 rings (SSSR count). The number of nitrogens with one attached hydrogen (secondary N) is 1. The average Bonchev–Trinajstić information content (AvgIpc) is 2.34. The van der Waals surface area contributed by atoms with Gasteiger partial charge in [0.2, 0.25) is 0 Å². The van der Waals surface area contributed by atoms with E-state index in [1.165, 1.54) is 0 Å². The summed E-state index contributed by atoms with van der Waals surface area (Å²) in [5.41, 5.74) is -2.65. The molecule has 1 aliphatic heterocycles. The third-order valence-electron chi connectivity index (χ3n) is 3.50. The molecule has 0 saturated carbocycles. The smallest absolute Gasteiger partial charge is 0.408 e. The molecule has 0 aromatic heterocycles. The fraction of sp³-hybridized carbons (Fsp3) is 0.529. The van der Waals surface area contributed by atoms with Gasteiger partial charge in [0.25, 0.3) is 0 Å². The minimum atomic E-state index is -1.60. The molecule has 0 aliphatic carbocycles. The van der Waals surface area contributed by atoms with Gasteiger partial charge in [0, 0.05) is 12.0 Å². The maximum Gasteiger partial charge on any atom is 0.408 e. The van der Waals surface area contributed by atoms with E-state index >= 15 is 0 Å². The van der Waals surface area contributed by atoms with Crippen LogP contribution in [0.15, 0.2) is 24.3 Å². The van der Waals surface area contributed by atoms with Crippen LogP contribution in [-0.4, -0.2) is 28.4 Å². The average molecular weight is 321 g/mol. The number of alkyl carbamates (subject to hydrolysis) is 1. The van der Waals surface area contributed by atoms with Crippen LogP contribution in [0.1, 0.15) is 46.6 Å². The molecule has 1 aromatic carbocycles. The molecule has 0 radical (unpaired) electrons. The first-order valence-corrected chi connectivity index (χ1v) is 7.48. The third kappa shape index (κ3) is 3.57. The highest BCUT2D eigenvalue weighted by molar-refractivity contribution is 5.87. The van der Waals surface area contributed by atoms with Crippen molar-refractivity contribution in [3.05, 3.63) is 29.8 Å². The predicted molar refractivity (Wildman–Crippen MR) is 84.4 cm³/mol. The van der Waals surface area contributed by atoms with E-state index in [0.717, 1.165) is 0 Å². The number of carboxylic acid groups (broad SMARTS) is 1. The van der Waals surface area contributed by atoms with Gasteiger partial charge in [-0.3, -0.25) is 0 Å². The van der Waals surface area contributed by atoms with Crippen LogP contribution in [0.4, 0.5) is 4.79 Å². The summed E-state index contributed by atoms with van der Waals surface area (Å²) in [4.78, 5) is 24.3. The van der Waals surface area contributed by atoms with Gasteiger partial charge in [-0.2, -0.15) is 0 Å². The number of ether oxygens (including phenoxy) is 2. The number of hydrogen-bond acceptors (Lipinski definition) is 4. The highest BCUT2D eigenvalue weighted by Gasteiger charge is 2.52. The van der Waals surface area contributed by atoms with Crippen LogP contribution < -0.4 is 10.1 Å². The Labute approximate surface area is 135 Å². The van der Waals surface area contributed by atoms with Gasteiger partial charge in [-0.1, -0.05) is 18.2 Å². The molecule has 2 N–H and O–H groups in total. The highest BCUT2D eigenvalue weighted by Crippen LogP contribution is 2.43. The van der Waals surface area contributed by atoms with Gasteiger partial charge < -0.3 is 19.9 Å². The van der Waals surface area contributed by atoms with Gasteiger partial charge in [-0.15, -0.1) is 0 Å². The first-order chi connectivity index (χ1) is 10.5. The highest BCUT2D eigenvalue weighted by atomic mass is 16.6. The van der Waals surface area contributed by atoms with E-state index in [1.807, 2.05) is 0 Å². The molecule has 1 aromatic rings. The molecular weight excluding hydrogens is 298 g/mol. The lowest BCUT2D eigenvalue weighted by atomic mass is 9.77. The lowest BCUT2D eigenvalue weighted by molar-refractivity contribution is -0.149. The van der Waals surface area contributed by atoms with E-state index in [9.17, 15) is 14.7 Å². The quantitative estimate of drug-likeness (QED) is 0.874. The minimum Gasteiger partial charge on any atom is -0.487 e. The third-order valence-corrected chi connectivity index (χ3v) is 3.50. The van der Waals surface area contributed by atoms with Crippen molar-refractivity contribution in [3.8, 4) is 5.75 Å². The summed E-state index contributed by atoms with van der Waals surface area (Å²) in [7, 11) is 0. The lowest BCUT2D eigenvalue weighted by Crippen LogP contribution is -2.59. The summed E-state index contributed by atoms with van der Waals surface area (Å²) >= 11 is 0. The zero-order chi connectivity index (χ0) is 17.5. The molecule has 0 saturated heterocycles. The van der Waals surface area contributed by atoms with E-state index < -0.39 is 28.8 Å². The number of aliphatic carboxylic acids is 1. The molecule has 0 spiro atoms. The summed E-state index contributed by atoms with van der Waals surface area (Å²) in [5, 5.41) is 12.4. The molecule has 1 heterocycles. The lowest BCUT2D eigenvalue weighted by Gasteiger charge is -2.43. The summed E-state index contributed by atoms with van der Waals surface area (Å²) in [6.45, 7) is 8.75. The van der Waals surface area contributed by atoms with Crippen molar-refractivity contribution in [2.24, 2.45) is 0 Å². The number of para-hydroxylation sites is 1. The number of carbonyl (C=O) groups excluding carboxylic acids is 1. The zero-order valence-corrected chi connectivity index (χ0v) is 14.1. The molecule has 23 heavy (non-hydrogen) atoms. The molecule has 1 amide bonds. The Balaban J connectivity index is 2.48. The standard InChI is InChI=1S/C17H23NO5/c1-15(2,3)23-14(21)18-17(13(19)20)10-16(4,5)22-12-9-7-6-8-11(12)17/h6-9H,10H2,1-5H3,(H,18,21)(H,19,20). The van der Waals surface area contributed by atoms with Crippen LogP contribution >= 0.6 is 0 Å². The molecule has 0 fully saturated rings. The number of carbonyl (C=O) groups is 2. The van der Waals surface area contributed by atoms with Crippen molar-refractivity contribution in [1.82, 2.24) is 5.32 Å². The first-order valence-electron chi connectivity index (χ1n) is 7.48. The van der Waals surface area contributed by atoms with Crippen LogP contribution in [0.5, 0.6) is 5.75 Å². The number of hydrogen-bond donors (Lipinski definition) is 2. The summed E-state index contributed by atoms with van der Waals surface area (Å²) in [6, 6.07) is 6.83. The Morgan fingerprint density at radius 3 is 2.43 bits per heavy atom. The Hall–Kier alpha value is -2.24. The van der Waals surface area contributed by atoms with Crippen molar-refractivity contribution in [1.29, 1.82) is 0 Å². The van der Waals surface area contributed by atoms with Crippen LogP contribution in [-0.2, 0) is 15.1 Å². The predicted octanol–water partition coefficient (Wildman–Crippen LogP) is 3.05. The fourth-order valence-electron chi connectivity index (χ4n) is 2.81. The molecule has 6 nitrogen and oxygen atoms in total. The summed E-state index contributed by atoms with van der Waals surface area (Å²) < 4.78 is 11.1. The number of fused-ring (bicyclic) bond motifs is 1. The Bertz CT molecular complexity index is 632. The molecule has 1 atom stereocenters. The summed E-state index contributed by atoms with van der Waals surface area (Å²) in [5.74, 6) is -0.700. The Kier molecular flexibility index (Phi) is 4.05. The second-order valence-corrected chi connectivity index (χ2v) is 7.37. The molecular formula is C17H23NO5. The van der Waals surface area contributed by atoms with Crippen molar-refractivity contribution in [3.63, 3.8) is 0 Å². The van der Waals surface area contributed by atoms with Crippen molar-refractivity contribution >= 4 is 12.1 Å². The molecule has 1 aliphatic rings. The van der Waals surface area contributed by atoms with Gasteiger partial charge in [-0.05, 0) is 40.7 Å². The van der Waals surface area contributed by atoms with Crippen LogP contribution in [0, 0.1) is 0 Å². The van der Waals surface area contributed by atoms with E-state index in [-0.39, 0.29) is 6.42 Å². The number of rotatable bonds is 2. The summed E-state index contributed by atoms with van der Waals surface area (Å²) in [6.07, 6.45) is -0.682. The second-order valence-electron chi connectivity index (χ2n) is 7.37. The van der Waals surface area contributed by atoms with Gasteiger partial charge in [0.05, 0.1) is 0 Å². The molecule has 0 bridgehead atoms. The van der Waals surface area contributed by atoms with Crippen LogP contribution in [0.25, 0.3) is 0 Å². The molecule has 6 heteroatoms. The SMILES string of the molecule is CC(C)(C)OC(=O)NC1(C(=O)O)CC(C)(C)Oc2ccccc21. The second kappa shape index (κ2) is 5.44. The monoisotopic (exact) mass is 321 g/mol. The van der Waals surface area contributed by atoms with E-state index in [4.69, 9.17) is 9.47 Å². The molecule has 126 valence electrons. The fourth-order valence-corrected chi connectivity index (χ4v) is 2.81. The maximum atomic E-state index is 12.2. The van der Waals surface area contributed by atoms with Crippen LogP contribution in [0.3, 0.4) is 0 Å². The minimum absolute atomic E-state index is 0.0889. The van der Waals surface area contributed by atoms with Crippen molar-refractivity contribution in [2.45, 2.75) is 57.8 Å². The van der Waals surface area contributed by atoms with E-state index in [0.29, 0.717) is 11.3 Å². The normalized spacial score (nSPS) is 22.5. The van der Waals surface area contributed by atoms with E-state index in [1.54, 1.807) is 58.9 Å². The Morgan fingerprint density at radius 1 is 1.26 bits per heavy atom. The zero-order valence-electron chi connectivity index (χ0n) is 14.1. The Morgan fingerprint density at radius 2 is 1.87 bits per heavy atom. The molecule has 1 unspecified atom stereocenters. The maximum absolute atomic E-state index is 12.2. The van der Waals surface area contributed by atoms with Gasteiger partial charge in [0.15, 0.2) is 5.54 Å². The number of carboxylic acids is 1. The first kappa shape index (κ1) is 17.1.